The van der Waals surface area contributed by atoms with Gasteiger partial charge in [-0.3, -0.25) is 9.59 Å². The lowest BCUT2D eigenvalue weighted by Gasteiger charge is -2.31. The van der Waals surface area contributed by atoms with Gasteiger partial charge in [-0.2, -0.15) is 0 Å². The lowest BCUT2D eigenvalue weighted by molar-refractivity contribution is -0.138. The van der Waals surface area contributed by atoms with Gasteiger partial charge in [0.05, 0.1) is 5.75 Å². The molecular formula is C14H20N2O2S. The van der Waals surface area contributed by atoms with Crippen LogP contribution in [0.5, 0.6) is 0 Å². The minimum atomic E-state index is -0.607. The van der Waals surface area contributed by atoms with E-state index in [4.69, 9.17) is 6.42 Å². The Morgan fingerprint density at radius 1 is 1.37 bits per heavy atom. The van der Waals surface area contributed by atoms with Gasteiger partial charge in [0.2, 0.25) is 11.8 Å². The molecule has 4 nitrogen and oxygen atoms in total. The molecule has 0 aromatic rings. The minimum Gasteiger partial charge on any atom is -0.342 e. The summed E-state index contributed by atoms with van der Waals surface area (Å²) in [6.45, 7) is 1.21. The Kier molecular flexibility index (Phi) is 4.76. The Morgan fingerprint density at radius 3 is 2.79 bits per heavy atom. The first kappa shape index (κ1) is 14.3. The van der Waals surface area contributed by atoms with Crippen molar-refractivity contribution in [3.8, 4) is 12.3 Å². The zero-order valence-electron chi connectivity index (χ0n) is 11.1. The zero-order chi connectivity index (χ0) is 13.7. The van der Waals surface area contributed by atoms with E-state index in [1.165, 1.54) is 0 Å². The van der Waals surface area contributed by atoms with E-state index in [1.54, 1.807) is 11.8 Å². The van der Waals surface area contributed by atoms with Crippen LogP contribution < -0.4 is 5.32 Å². The third-order valence-corrected chi connectivity index (χ3v) is 4.67. The van der Waals surface area contributed by atoms with E-state index in [1.807, 2.05) is 4.90 Å². The third kappa shape index (κ3) is 3.24. The predicted molar refractivity (Wildman–Crippen MR) is 76.7 cm³/mol. The highest BCUT2D eigenvalue weighted by Crippen LogP contribution is 2.32. The molecule has 1 N–H and O–H groups in total. The van der Waals surface area contributed by atoms with Crippen LogP contribution in [0.25, 0.3) is 0 Å². The quantitative estimate of drug-likeness (QED) is 0.618. The van der Waals surface area contributed by atoms with Gasteiger partial charge in [0.25, 0.3) is 0 Å². The average Bonchev–Trinajstić information content (AvgIpc) is 2.82. The highest BCUT2D eigenvalue weighted by atomic mass is 32.2. The van der Waals surface area contributed by atoms with Crippen molar-refractivity contribution in [2.45, 2.75) is 37.6 Å². The van der Waals surface area contributed by atoms with Crippen molar-refractivity contribution < 1.29 is 9.59 Å². The highest BCUT2D eigenvalue weighted by molar-refractivity contribution is 7.99. The molecule has 0 bridgehead atoms. The fourth-order valence-electron chi connectivity index (χ4n) is 2.86. The average molecular weight is 280 g/mol. The summed E-state index contributed by atoms with van der Waals surface area (Å²) < 4.78 is 0. The molecule has 2 amide bonds. The van der Waals surface area contributed by atoms with Crippen molar-refractivity contribution in [2.75, 3.05) is 24.6 Å². The van der Waals surface area contributed by atoms with E-state index in [9.17, 15) is 9.59 Å². The first-order valence-corrected chi connectivity index (χ1v) is 7.95. The van der Waals surface area contributed by atoms with E-state index in [0.29, 0.717) is 25.3 Å². The number of hydrogen-bond donors (Lipinski definition) is 1. The molecule has 19 heavy (non-hydrogen) atoms. The van der Waals surface area contributed by atoms with Gasteiger partial charge >= 0.3 is 0 Å². The lowest BCUT2D eigenvalue weighted by atomic mass is 9.96. The van der Waals surface area contributed by atoms with E-state index < -0.39 is 5.54 Å². The third-order valence-electron chi connectivity index (χ3n) is 3.83. The van der Waals surface area contributed by atoms with Crippen molar-refractivity contribution in [3.05, 3.63) is 0 Å². The number of nitrogens with zero attached hydrogens (tertiary/aromatic N) is 1. The Labute approximate surface area is 118 Å². The van der Waals surface area contributed by atoms with Crippen LogP contribution >= 0.6 is 11.8 Å². The van der Waals surface area contributed by atoms with Gasteiger partial charge in [0.15, 0.2) is 0 Å². The second kappa shape index (κ2) is 6.33. The maximum atomic E-state index is 12.6. The van der Waals surface area contributed by atoms with E-state index >= 15 is 0 Å². The highest BCUT2D eigenvalue weighted by Gasteiger charge is 2.46. The van der Waals surface area contributed by atoms with E-state index in [0.717, 1.165) is 31.4 Å². The van der Waals surface area contributed by atoms with Crippen molar-refractivity contribution >= 4 is 23.6 Å². The van der Waals surface area contributed by atoms with Gasteiger partial charge in [0, 0.05) is 25.3 Å². The molecule has 1 heterocycles. The topological polar surface area (TPSA) is 49.4 Å². The van der Waals surface area contributed by atoms with E-state index in [2.05, 4.69) is 11.2 Å². The SMILES string of the molecule is C#CCSCCN1CCC(=O)NC2(CCCC2)C1=O. The summed E-state index contributed by atoms with van der Waals surface area (Å²) in [7, 11) is 0. The molecule has 1 saturated carbocycles. The first-order valence-electron chi connectivity index (χ1n) is 6.79. The molecule has 0 aromatic heterocycles. The van der Waals surface area contributed by atoms with Gasteiger partial charge in [-0.05, 0) is 12.8 Å². The molecule has 0 radical (unpaired) electrons. The van der Waals surface area contributed by atoms with Gasteiger partial charge in [-0.25, -0.2) is 0 Å². The molecule has 104 valence electrons. The van der Waals surface area contributed by atoms with Crippen LogP contribution in [0.4, 0.5) is 0 Å². The number of thioether (sulfide) groups is 1. The van der Waals surface area contributed by atoms with Gasteiger partial charge in [0.1, 0.15) is 5.54 Å². The predicted octanol–water partition coefficient (Wildman–Crippen LogP) is 1.01. The summed E-state index contributed by atoms with van der Waals surface area (Å²) in [4.78, 5) is 26.3. The largest absolute Gasteiger partial charge is 0.342 e. The summed E-state index contributed by atoms with van der Waals surface area (Å²) in [6, 6.07) is 0. The monoisotopic (exact) mass is 280 g/mol. The molecule has 0 unspecified atom stereocenters. The molecule has 1 aliphatic carbocycles. The normalized spacial score (nSPS) is 22.2. The van der Waals surface area contributed by atoms with Gasteiger partial charge < -0.3 is 10.2 Å². The summed E-state index contributed by atoms with van der Waals surface area (Å²) in [5, 5.41) is 2.97. The number of terminal acetylenes is 1. The van der Waals surface area contributed by atoms with Crippen LogP contribution in [0.15, 0.2) is 0 Å². The Morgan fingerprint density at radius 2 is 2.11 bits per heavy atom. The maximum absolute atomic E-state index is 12.6. The fraction of sp³-hybridized carbons (Fsp3) is 0.714. The standard InChI is InChI=1S/C14H20N2O2S/c1-2-10-19-11-9-16-8-5-12(17)15-14(13(16)18)6-3-4-7-14/h1H,3-11H2,(H,15,17). The smallest absolute Gasteiger partial charge is 0.248 e. The molecule has 0 atom stereocenters. The van der Waals surface area contributed by atoms with Crippen LogP contribution in [0.1, 0.15) is 32.1 Å². The second-order valence-electron chi connectivity index (χ2n) is 5.14. The Bertz CT molecular complexity index is 397. The zero-order valence-corrected chi connectivity index (χ0v) is 11.9. The van der Waals surface area contributed by atoms with Gasteiger partial charge in [-0.1, -0.05) is 18.8 Å². The number of rotatable bonds is 4. The molecule has 5 heteroatoms. The molecule has 2 aliphatic rings. The van der Waals surface area contributed by atoms with Crippen LogP contribution in [-0.4, -0.2) is 46.8 Å². The molecular weight excluding hydrogens is 260 g/mol. The summed E-state index contributed by atoms with van der Waals surface area (Å²) in [5.74, 6) is 4.20. The number of carbonyl (C=O) groups excluding carboxylic acids is 2. The van der Waals surface area contributed by atoms with Crippen molar-refractivity contribution in [1.82, 2.24) is 10.2 Å². The van der Waals surface area contributed by atoms with Crippen molar-refractivity contribution in [2.24, 2.45) is 0 Å². The number of amides is 2. The summed E-state index contributed by atoms with van der Waals surface area (Å²) >= 11 is 1.65. The minimum absolute atomic E-state index is 0.00836. The van der Waals surface area contributed by atoms with Gasteiger partial charge in [-0.15, -0.1) is 18.2 Å². The molecule has 1 spiro atoms. The maximum Gasteiger partial charge on any atom is 0.248 e. The molecule has 1 saturated heterocycles. The Hall–Kier alpha value is -1.15. The fourth-order valence-corrected chi connectivity index (χ4v) is 3.47. The van der Waals surface area contributed by atoms with Crippen LogP contribution in [0.3, 0.4) is 0 Å². The molecule has 2 rings (SSSR count). The van der Waals surface area contributed by atoms with E-state index in [-0.39, 0.29) is 11.8 Å². The van der Waals surface area contributed by atoms with Crippen LogP contribution in [0.2, 0.25) is 0 Å². The first-order chi connectivity index (χ1) is 9.18. The molecule has 1 aliphatic heterocycles. The molecule has 2 fully saturated rings. The Balaban J connectivity index is 2.00. The van der Waals surface area contributed by atoms with Crippen molar-refractivity contribution in [3.63, 3.8) is 0 Å². The number of carbonyl (C=O) groups is 2. The summed E-state index contributed by atoms with van der Waals surface area (Å²) in [5.41, 5.74) is -0.607. The number of nitrogens with one attached hydrogen (secondary N) is 1. The second-order valence-corrected chi connectivity index (χ2v) is 6.24. The van der Waals surface area contributed by atoms with Crippen LogP contribution in [0, 0.1) is 12.3 Å². The lowest BCUT2D eigenvalue weighted by Crippen LogP contribution is -2.55. The number of hydrogen-bond acceptors (Lipinski definition) is 3. The summed E-state index contributed by atoms with van der Waals surface area (Å²) in [6.07, 6.45) is 9.22. The molecule has 0 aromatic carbocycles. The van der Waals surface area contributed by atoms with Crippen LogP contribution in [-0.2, 0) is 9.59 Å². The van der Waals surface area contributed by atoms with Crippen molar-refractivity contribution in [1.29, 1.82) is 0 Å².